The van der Waals surface area contributed by atoms with Crippen molar-refractivity contribution in [2.75, 3.05) is 13.1 Å². The molecule has 0 saturated carbocycles. The number of amides is 1. The third kappa shape index (κ3) is 2.72. The minimum Gasteiger partial charge on any atom is -0.347 e. The van der Waals surface area contributed by atoms with E-state index in [1.807, 2.05) is 31.2 Å². The van der Waals surface area contributed by atoms with E-state index in [-0.39, 0.29) is 5.89 Å². The molecule has 6 heteroatoms. The number of nitrogens with zero attached hydrogens (tertiary/aromatic N) is 2. The average Bonchev–Trinajstić information content (AvgIpc) is 2.86. The number of carbonyl (C=O) groups is 1. The molecular weight excluding hydrogens is 232 g/mol. The number of nitrogens with two attached hydrogens (primary N) is 1. The fourth-order valence-electron chi connectivity index (χ4n) is 1.40. The number of rotatable bonds is 4. The Labute approximate surface area is 104 Å². The summed E-state index contributed by atoms with van der Waals surface area (Å²) in [5.41, 5.74) is 7.23. The van der Waals surface area contributed by atoms with Gasteiger partial charge in [-0.3, -0.25) is 4.79 Å². The van der Waals surface area contributed by atoms with E-state index < -0.39 is 5.91 Å². The molecule has 0 saturated heterocycles. The molecule has 0 atom stereocenters. The van der Waals surface area contributed by atoms with Gasteiger partial charge in [-0.25, -0.2) is 0 Å². The van der Waals surface area contributed by atoms with Gasteiger partial charge in [-0.15, -0.1) is 0 Å². The van der Waals surface area contributed by atoms with E-state index >= 15 is 0 Å². The zero-order chi connectivity index (χ0) is 13.0. The molecule has 1 aromatic carbocycles. The minimum absolute atomic E-state index is 0.0565. The molecule has 0 spiro atoms. The van der Waals surface area contributed by atoms with E-state index in [0.29, 0.717) is 18.9 Å². The quantitative estimate of drug-likeness (QED) is 0.829. The summed E-state index contributed by atoms with van der Waals surface area (Å²) >= 11 is 0. The third-order valence-electron chi connectivity index (χ3n) is 2.36. The van der Waals surface area contributed by atoms with Crippen LogP contribution in [0.1, 0.15) is 16.2 Å². The third-order valence-corrected chi connectivity index (χ3v) is 2.36. The van der Waals surface area contributed by atoms with Crippen LogP contribution in [-0.4, -0.2) is 29.1 Å². The van der Waals surface area contributed by atoms with E-state index in [1.54, 1.807) is 0 Å². The molecular formula is C12H14N4O2. The van der Waals surface area contributed by atoms with Crippen molar-refractivity contribution < 1.29 is 9.32 Å². The van der Waals surface area contributed by atoms with Gasteiger partial charge in [0.05, 0.1) is 0 Å². The zero-order valence-corrected chi connectivity index (χ0v) is 10.0. The molecule has 0 aliphatic carbocycles. The van der Waals surface area contributed by atoms with Gasteiger partial charge in [0.2, 0.25) is 5.82 Å². The van der Waals surface area contributed by atoms with E-state index in [0.717, 1.165) is 11.1 Å². The van der Waals surface area contributed by atoms with Crippen molar-refractivity contribution >= 4 is 5.91 Å². The Morgan fingerprint density at radius 3 is 2.78 bits per heavy atom. The van der Waals surface area contributed by atoms with E-state index in [1.165, 1.54) is 0 Å². The van der Waals surface area contributed by atoms with Crippen molar-refractivity contribution in [3.63, 3.8) is 0 Å². The summed E-state index contributed by atoms with van der Waals surface area (Å²) in [5.74, 6) is -0.0711. The highest BCUT2D eigenvalue weighted by Gasteiger charge is 2.15. The molecule has 18 heavy (non-hydrogen) atoms. The molecule has 0 aliphatic heterocycles. The topological polar surface area (TPSA) is 94.0 Å². The maximum Gasteiger partial charge on any atom is 0.316 e. The van der Waals surface area contributed by atoms with Gasteiger partial charge in [0.25, 0.3) is 0 Å². The van der Waals surface area contributed by atoms with Gasteiger partial charge < -0.3 is 15.6 Å². The Balaban J connectivity index is 2.15. The maximum absolute atomic E-state index is 11.5. The lowest BCUT2D eigenvalue weighted by atomic mass is 10.1. The second kappa shape index (κ2) is 5.42. The van der Waals surface area contributed by atoms with E-state index in [9.17, 15) is 4.79 Å². The smallest absolute Gasteiger partial charge is 0.316 e. The molecule has 1 amide bonds. The van der Waals surface area contributed by atoms with Crippen molar-refractivity contribution in [3.05, 3.63) is 35.7 Å². The van der Waals surface area contributed by atoms with Gasteiger partial charge in [-0.2, -0.15) is 4.98 Å². The van der Waals surface area contributed by atoms with Crippen LogP contribution in [0.3, 0.4) is 0 Å². The largest absolute Gasteiger partial charge is 0.347 e. The van der Waals surface area contributed by atoms with Gasteiger partial charge in [0.15, 0.2) is 0 Å². The minimum atomic E-state index is -0.411. The normalized spacial score (nSPS) is 10.3. The van der Waals surface area contributed by atoms with E-state index in [4.69, 9.17) is 10.3 Å². The summed E-state index contributed by atoms with van der Waals surface area (Å²) in [6.07, 6.45) is 0. The van der Waals surface area contributed by atoms with Crippen LogP contribution in [0.2, 0.25) is 0 Å². The number of carbonyl (C=O) groups excluding carboxylic acids is 1. The number of aryl methyl sites for hydroxylation is 1. The zero-order valence-electron chi connectivity index (χ0n) is 10.0. The summed E-state index contributed by atoms with van der Waals surface area (Å²) in [5, 5.41) is 6.33. The van der Waals surface area contributed by atoms with Crippen LogP contribution >= 0.6 is 0 Å². The Morgan fingerprint density at radius 1 is 1.39 bits per heavy atom. The first-order chi connectivity index (χ1) is 8.70. The first-order valence-electron chi connectivity index (χ1n) is 5.59. The second-order valence-corrected chi connectivity index (χ2v) is 3.83. The van der Waals surface area contributed by atoms with Crippen LogP contribution in [0.4, 0.5) is 0 Å². The molecule has 0 fully saturated rings. The monoisotopic (exact) mass is 246 g/mol. The molecule has 94 valence electrons. The van der Waals surface area contributed by atoms with Crippen LogP contribution in [0.5, 0.6) is 0 Å². The molecule has 0 aliphatic rings. The van der Waals surface area contributed by atoms with Crippen LogP contribution in [0, 0.1) is 6.92 Å². The Kier molecular flexibility index (Phi) is 3.69. The molecule has 0 unspecified atom stereocenters. The van der Waals surface area contributed by atoms with E-state index in [2.05, 4.69) is 15.5 Å². The predicted octanol–water partition coefficient (Wildman–Crippen LogP) is 0.734. The first kappa shape index (κ1) is 12.3. The fraction of sp³-hybridized carbons (Fsp3) is 0.250. The van der Waals surface area contributed by atoms with Crippen molar-refractivity contribution in [2.24, 2.45) is 5.73 Å². The van der Waals surface area contributed by atoms with Crippen LogP contribution in [0.15, 0.2) is 28.8 Å². The number of hydrogen-bond donors (Lipinski definition) is 2. The highest BCUT2D eigenvalue weighted by atomic mass is 16.5. The highest BCUT2D eigenvalue weighted by Crippen LogP contribution is 2.16. The van der Waals surface area contributed by atoms with Crippen molar-refractivity contribution in [1.29, 1.82) is 0 Å². The van der Waals surface area contributed by atoms with Gasteiger partial charge in [0.1, 0.15) is 0 Å². The predicted molar refractivity (Wildman–Crippen MR) is 65.9 cm³/mol. The SMILES string of the molecule is Cc1ccc(-c2noc(C(=O)NCCN)n2)cc1. The lowest BCUT2D eigenvalue weighted by Crippen LogP contribution is -2.29. The fourth-order valence-corrected chi connectivity index (χ4v) is 1.40. The summed E-state index contributed by atoms with van der Waals surface area (Å²) in [6.45, 7) is 2.73. The van der Waals surface area contributed by atoms with Gasteiger partial charge in [0, 0.05) is 18.7 Å². The summed E-state index contributed by atoms with van der Waals surface area (Å²) < 4.78 is 4.89. The van der Waals surface area contributed by atoms with Gasteiger partial charge in [-0.05, 0) is 6.92 Å². The molecule has 1 heterocycles. The summed E-state index contributed by atoms with van der Waals surface area (Å²) in [4.78, 5) is 15.6. The number of nitrogens with one attached hydrogen (secondary N) is 1. The first-order valence-corrected chi connectivity index (χ1v) is 5.59. The maximum atomic E-state index is 11.5. The lowest BCUT2D eigenvalue weighted by Gasteiger charge is -1.97. The molecule has 6 nitrogen and oxygen atoms in total. The van der Waals surface area contributed by atoms with Gasteiger partial charge in [-0.1, -0.05) is 35.0 Å². The number of aromatic nitrogens is 2. The molecule has 0 radical (unpaired) electrons. The van der Waals surface area contributed by atoms with Crippen molar-refractivity contribution in [2.45, 2.75) is 6.92 Å². The Bertz CT molecular complexity index is 533. The summed E-state index contributed by atoms with van der Waals surface area (Å²) in [7, 11) is 0. The van der Waals surface area contributed by atoms with Crippen LogP contribution in [0.25, 0.3) is 11.4 Å². The second-order valence-electron chi connectivity index (χ2n) is 3.83. The van der Waals surface area contributed by atoms with Gasteiger partial charge >= 0.3 is 11.8 Å². The molecule has 0 bridgehead atoms. The van der Waals surface area contributed by atoms with Crippen molar-refractivity contribution in [1.82, 2.24) is 15.5 Å². The molecule has 1 aromatic heterocycles. The average molecular weight is 246 g/mol. The molecule has 2 aromatic rings. The highest BCUT2D eigenvalue weighted by molar-refractivity contribution is 5.89. The molecule has 3 N–H and O–H groups in total. The molecule has 2 rings (SSSR count). The Morgan fingerprint density at radius 2 is 2.11 bits per heavy atom. The van der Waals surface area contributed by atoms with Crippen LogP contribution < -0.4 is 11.1 Å². The Hall–Kier alpha value is -2.21. The standard InChI is InChI=1S/C12H14N4O2/c1-8-2-4-9(5-3-8)10-15-12(18-16-10)11(17)14-7-6-13/h2-5H,6-7,13H2,1H3,(H,14,17). The summed E-state index contributed by atoms with van der Waals surface area (Å²) in [6, 6.07) is 7.64. The lowest BCUT2D eigenvalue weighted by molar-refractivity contribution is 0.0911. The van der Waals surface area contributed by atoms with Crippen molar-refractivity contribution in [3.8, 4) is 11.4 Å². The number of benzene rings is 1. The number of hydrogen-bond acceptors (Lipinski definition) is 5. The van der Waals surface area contributed by atoms with Crippen LogP contribution in [-0.2, 0) is 0 Å².